The summed E-state index contributed by atoms with van der Waals surface area (Å²) in [5.74, 6) is 0.0418. The third kappa shape index (κ3) is 7.66. The number of nitrogens with one attached hydrogen (secondary N) is 3. The Morgan fingerprint density at radius 2 is 1.92 bits per heavy atom. The van der Waals surface area contributed by atoms with Crippen molar-refractivity contribution in [3.05, 3.63) is 20.8 Å². The predicted molar refractivity (Wildman–Crippen MR) is 101 cm³/mol. The number of rotatable bonds is 8. The number of amides is 3. The highest BCUT2D eigenvalue weighted by molar-refractivity contribution is 9.11. The summed E-state index contributed by atoms with van der Waals surface area (Å²) < 4.78 is 1.11. The van der Waals surface area contributed by atoms with Crippen molar-refractivity contribution in [2.45, 2.75) is 57.4 Å². The molecule has 0 aliphatic heterocycles. The summed E-state index contributed by atoms with van der Waals surface area (Å²) in [5.41, 5.74) is 0. The first kappa shape index (κ1) is 19.2. The molecule has 0 spiro atoms. The van der Waals surface area contributed by atoms with Gasteiger partial charge in [0.25, 0.3) is 0 Å². The van der Waals surface area contributed by atoms with Gasteiger partial charge in [-0.1, -0.05) is 19.3 Å². The fourth-order valence-electron chi connectivity index (χ4n) is 2.83. The normalized spacial score (nSPS) is 15.0. The van der Waals surface area contributed by atoms with Crippen molar-refractivity contribution in [2.75, 3.05) is 13.1 Å². The van der Waals surface area contributed by atoms with E-state index < -0.39 is 0 Å². The van der Waals surface area contributed by atoms with Gasteiger partial charge in [0.1, 0.15) is 0 Å². The molecule has 3 N–H and O–H groups in total. The Balaban J connectivity index is 1.47. The van der Waals surface area contributed by atoms with Crippen molar-refractivity contribution < 1.29 is 9.59 Å². The van der Waals surface area contributed by atoms with Gasteiger partial charge >= 0.3 is 6.03 Å². The van der Waals surface area contributed by atoms with Crippen LogP contribution >= 0.6 is 27.3 Å². The number of carbonyl (C=O) groups is 2. The molecule has 134 valence electrons. The minimum atomic E-state index is -0.106. The molecule has 1 aromatic heterocycles. The van der Waals surface area contributed by atoms with Gasteiger partial charge in [0.15, 0.2) is 0 Å². The molecular weight excluding hydrogens is 390 g/mol. The summed E-state index contributed by atoms with van der Waals surface area (Å²) in [6, 6.07) is 4.30. The van der Waals surface area contributed by atoms with Gasteiger partial charge in [0.2, 0.25) is 5.91 Å². The molecule has 7 heteroatoms. The number of halogens is 1. The molecule has 1 fully saturated rings. The van der Waals surface area contributed by atoms with Gasteiger partial charge in [-0.15, -0.1) is 11.3 Å². The van der Waals surface area contributed by atoms with Gasteiger partial charge in [-0.25, -0.2) is 4.79 Å². The molecule has 0 aromatic carbocycles. The van der Waals surface area contributed by atoms with E-state index in [9.17, 15) is 9.59 Å². The van der Waals surface area contributed by atoms with Crippen LogP contribution in [0.25, 0.3) is 0 Å². The molecule has 5 nitrogen and oxygen atoms in total. The molecule has 3 amide bonds. The van der Waals surface area contributed by atoms with E-state index in [4.69, 9.17) is 0 Å². The van der Waals surface area contributed by atoms with Crippen molar-refractivity contribution in [2.24, 2.45) is 0 Å². The first-order valence-corrected chi connectivity index (χ1v) is 10.3. The van der Waals surface area contributed by atoms with E-state index in [0.717, 1.165) is 23.0 Å². The lowest BCUT2D eigenvalue weighted by Crippen LogP contribution is -2.43. The summed E-state index contributed by atoms with van der Waals surface area (Å²) in [4.78, 5) is 24.8. The second-order valence-corrected chi connectivity index (χ2v) is 8.69. The van der Waals surface area contributed by atoms with Gasteiger partial charge < -0.3 is 16.0 Å². The second kappa shape index (κ2) is 10.7. The van der Waals surface area contributed by atoms with Crippen LogP contribution in [0.4, 0.5) is 4.79 Å². The molecule has 0 saturated heterocycles. The van der Waals surface area contributed by atoms with Crippen LogP contribution in [0, 0.1) is 0 Å². The summed E-state index contributed by atoms with van der Waals surface area (Å²) in [5, 5.41) is 8.76. The fraction of sp³-hybridized carbons (Fsp3) is 0.647. The Labute approximate surface area is 156 Å². The maximum atomic E-state index is 11.8. The molecule has 0 unspecified atom stereocenters. The Morgan fingerprint density at radius 3 is 2.62 bits per heavy atom. The molecule has 24 heavy (non-hydrogen) atoms. The maximum Gasteiger partial charge on any atom is 0.315 e. The molecule has 0 radical (unpaired) electrons. The smallest absolute Gasteiger partial charge is 0.315 e. The monoisotopic (exact) mass is 415 g/mol. The standard InChI is InChI=1S/C17H26BrN3O2S/c18-15-9-8-14(24-15)10-12-19-16(22)7-4-11-20-17(23)21-13-5-2-1-3-6-13/h8-9,13H,1-7,10-12H2,(H,19,22)(H2,20,21,23). The van der Waals surface area contributed by atoms with Crippen LogP contribution in [0.15, 0.2) is 15.9 Å². The number of hydrogen-bond acceptors (Lipinski definition) is 3. The molecule has 1 aliphatic carbocycles. The molecule has 1 aromatic rings. The third-order valence-electron chi connectivity index (χ3n) is 4.13. The first-order valence-electron chi connectivity index (χ1n) is 8.69. The van der Waals surface area contributed by atoms with Crippen LogP contribution in [0.2, 0.25) is 0 Å². The zero-order chi connectivity index (χ0) is 17.2. The van der Waals surface area contributed by atoms with Crippen LogP contribution in [-0.2, 0) is 11.2 Å². The molecule has 2 rings (SSSR count). The van der Waals surface area contributed by atoms with Crippen molar-refractivity contribution in [1.82, 2.24) is 16.0 Å². The third-order valence-corrected chi connectivity index (χ3v) is 5.81. The zero-order valence-corrected chi connectivity index (χ0v) is 16.3. The van der Waals surface area contributed by atoms with Crippen LogP contribution in [0.3, 0.4) is 0 Å². The molecular formula is C17H26BrN3O2S. The molecule has 1 heterocycles. The van der Waals surface area contributed by atoms with Crippen LogP contribution in [-0.4, -0.2) is 31.1 Å². The van der Waals surface area contributed by atoms with Gasteiger partial charge in [0, 0.05) is 30.4 Å². The van der Waals surface area contributed by atoms with E-state index >= 15 is 0 Å². The SMILES string of the molecule is O=C(CCCNC(=O)NC1CCCCC1)NCCc1ccc(Br)s1. The van der Waals surface area contributed by atoms with E-state index in [0.29, 0.717) is 32.0 Å². The quantitative estimate of drug-likeness (QED) is 0.567. The number of carbonyl (C=O) groups excluding carboxylic acids is 2. The predicted octanol–water partition coefficient (Wildman–Crippen LogP) is 3.58. The van der Waals surface area contributed by atoms with Gasteiger partial charge in [-0.3, -0.25) is 4.79 Å². The number of hydrogen-bond donors (Lipinski definition) is 3. The van der Waals surface area contributed by atoms with Crippen molar-refractivity contribution in [3.63, 3.8) is 0 Å². The van der Waals surface area contributed by atoms with E-state index in [-0.39, 0.29) is 11.9 Å². The molecule has 0 atom stereocenters. The summed E-state index contributed by atoms with van der Waals surface area (Å²) in [6.45, 7) is 1.19. The first-order chi connectivity index (χ1) is 11.6. The second-order valence-electron chi connectivity index (χ2n) is 6.14. The van der Waals surface area contributed by atoms with Crippen LogP contribution < -0.4 is 16.0 Å². The van der Waals surface area contributed by atoms with Crippen molar-refractivity contribution in [1.29, 1.82) is 0 Å². The highest BCUT2D eigenvalue weighted by Gasteiger charge is 2.15. The molecule has 0 bridgehead atoms. The van der Waals surface area contributed by atoms with E-state index in [1.165, 1.54) is 24.1 Å². The maximum absolute atomic E-state index is 11.8. The minimum absolute atomic E-state index is 0.0418. The Hall–Kier alpha value is -1.08. The largest absolute Gasteiger partial charge is 0.356 e. The Kier molecular flexibility index (Phi) is 8.59. The average Bonchev–Trinajstić information content (AvgIpc) is 2.98. The summed E-state index contributed by atoms with van der Waals surface area (Å²) >= 11 is 5.12. The van der Waals surface area contributed by atoms with Crippen molar-refractivity contribution >= 4 is 39.2 Å². The highest BCUT2D eigenvalue weighted by Crippen LogP contribution is 2.22. The Morgan fingerprint density at radius 1 is 1.12 bits per heavy atom. The number of urea groups is 1. The van der Waals surface area contributed by atoms with Gasteiger partial charge in [-0.2, -0.15) is 0 Å². The van der Waals surface area contributed by atoms with Crippen LogP contribution in [0.1, 0.15) is 49.8 Å². The van der Waals surface area contributed by atoms with E-state index in [1.54, 1.807) is 11.3 Å². The lowest BCUT2D eigenvalue weighted by atomic mass is 9.96. The zero-order valence-electron chi connectivity index (χ0n) is 13.9. The summed E-state index contributed by atoms with van der Waals surface area (Å²) in [7, 11) is 0. The molecule has 1 aliphatic rings. The highest BCUT2D eigenvalue weighted by atomic mass is 79.9. The average molecular weight is 416 g/mol. The Bertz CT molecular complexity index is 530. The topological polar surface area (TPSA) is 70.2 Å². The summed E-state index contributed by atoms with van der Waals surface area (Å²) in [6.07, 6.45) is 7.80. The van der Waals surface area contributed by atoms with Crippen LogP contribution in [0.5, 0.6) is 0 Å². The van der Waals surface area contributed by atoms with Gasteiger partial charge in [0.05, 0.1) is 3.79 Å². The molecule has 1 saturated carbocycles. The minimum Gasteiger partial charge on any atom is -0.356 e. The van der Waals surface area contributed by atoms with Gasteiger partial charge in [-0.05, 0) is 53.7 Å². The van der Waals surface area contributed by atoms with Crippen molar-refractivity contribution in [3.8, 4) is 0 Å². The fourth-order valence-corrected chi connectivity index (χ4v) is 4.32. The van der Waals surface area contributed by atoms with E-state index in [1.807, 2.05) is 6.07 Å². The lowest BCUT2D eigenvalue weighted by Gasteiger charge is -2.22. The lowest BCUT2D eigenvalue weighted by molar-refractivity contribution is -0.121. The number of thiophene rings is 1. The van der Waals surface area contributed by atoms with E-state index in [2.05, 4.69) is 37.9 Å².